The molecular weight excluding hydrogens is 304 g/mol. The van der Waals surface area contributed by atoms with Crippen LogP contribution in [0.25, 0.3) is 22.3 Å². The van der Waals surface area contributed by atoms with Crippen molar-refractivity contribution in [3.8, 4) is 11.4 Å². The van der Waals surface area contributed by atoms with Gasteiger partial charge in [-0.15, -0.1) is 0 Å². The Kier molecular flexibility index (Phi) is 3.87. The van der Waals surface area contributed by atoms with E-state index in [1.165, 1.54) is 36.0 Å². The second-order valence-electron chi connectivity index (χ2n) is 8.49. The van der Waals surface area contributed by atoms with Crippen LogP contribution in [0.2, 0.25) is 0 Å². The van der Waals surface area contributed by atoms with Crippen LogP contribution in [0.15, 0.2) is 42.6 Å². The maximum absolute atomic E-state index is 4.88. The van der Waals surface area contributed by atoms with Gasteiger partial charge in [0, 0.05) is 17.1 Å². The van der Waals surface area contributed by atoms with Crippen molar-refractivity contribution in [3.05, 3.63) is 59.3 Å². The first-order chi connectivity index (χ1) is 11.9. The van der Waals surface area contributed by atoms with Crippen LogP contribution in [-0.4, -0.2) is 9.97 Å². The molecule has 1 unspecified atom stereocenters. The van der Waals surface area contributed by atoms with E-state index in [1.807, 2.05) is 6.20 Å². The Bertz CT molecular complexity index is 920. The summed E-state index contributed by atoms with van der Waals surface area (Å²) in [5, 5.41) is 1.12. The number of aryl methyl sites for hydroxylation is 2. The summed E-state index contributed by atoms with van der Waals surface area (Å²) >= 11 is 0. The molecule has 25 heavy (non-hydrogen) atoms. The standard InChI is InChI=1S/C23H26N2/c1-15-9-16(2)11-20(10-15)22-24-14-19-6-5-17(12-21(19)25-22)18-7-8-23(3,4)13-18/h5-6,9-12,14,18H,7-8,13H2,1-4H3. The average molecular weight is 330 g/mol. The zero-order valence-electron chi connectivity index (χ0n) is 15.6. The molecule has 2 aromatic carbocycles. The lowest BCUT2D eigenvalue weighted by Crippen LogP contribution is -2.04. The van der Waals surface area contributed by atoms with E-state index in [4.69, 9.17) is 4.98 Å². The van der Waals surface area contributed by atoms with E-state index >= 15 is 0 Å². The van der Waals surface area contributed by atoms with Crippen molar-refractivity contribution in [2.75, 3.05) is 0 Å². The SMILES string of the molecule is Cc1cc(C)cc(-c2ncc3ccc(C4CCC(C)(C)C4)cc3n2)c1. The van der Waals surface area contributed by atoms with E-state index in [0.29, 0.717) is 11.3 Å². The van der Waals surface area contributed by atoms with Crippen molar-refractivity contribution in [2.45, 2.75) is 52.9 Å². The van der Waals surface area contributed by atoms with Crippen LogP contribution in [0.5, 0.6) is 0 Å². The quantitative estimate of drug-likeness (QED) is 0.558. The van der Waals surface area contributed by atoms with Gasteiger partial charge in [0.05, 0.1) is 5.52 Å². The van der Waals surface area contributed by atoms with Crippen molar-refractivity contribution in [2.24, 2.45) is 5.41 Å². The van der Waals surface area contributed by atoms with Crippen molar-refractivity contribution >= 4 is 10.9 Å². The van der Waals surface area contributed by atoms with Crippen LogP contribution < -0.4 is 0 Å². The molecule has 128 valence electrons. The summed E-state index contributed by atoms with van der Waals surface area (Å²) in [6, 6.07) is 13.3. The third-order valence-electron chi connectivity index (χ3n) is 5.53. The van der Waals surface area contributed by atoms with E-state index in [1.54, 1.807) is 0 Å². The molecule has 2 heteroatoms. The molecule has 1 saturated carbocycles. The predicted octanol–water partition coefficient (Wildman–Crippen LogP) is 6.21. The van der Waals surface area contributed by atoms with Gasteiger partial charge >= 0.3 is 0 Å². The molecular formula is C23H26N2. The highest BCUT2D eigenvalue weighted by atomic mass is 14.9. The third-order valence-corrected chi connectivity index (χ3v) is 5.53. The Hall–Kier alpha value is -2.22. The first-order valence-corrected chi connectivity index (χ1v) is 9.25. The minimum Gasteiger partial charge on any atom is -0.236 e. The molecule has 4 rings (SSSR count). The minimum atomic E-state index is 0.468. The lowest BCUT2D eigenvalue weighted by molar-refractivity contribution is 0.376. The largest absolute Gasteiger partial charge is 0.236 e. The highest BCUT2D eigenvalue weighted by molar-refractivity contribution is 5.80. The molecule has 1 fully saturated rings. The normalized spacial score (nSPS) is 19.4. The summed E-state index contributed by atoms with van der Waals surface area (Å²) in [6.45, 7) is 9.01. The zero-order valence-corrected chi connectivity index (χ0v) is 15.6. The molecule has 0 N–H and O–H groups in total. The second-order valence-corrected chi connectivity index (χ2v) is 8.49. The van der Waals surface area contributed by atoms with Crippen molar-refractivity contribution in [1.29, 1.82) is 0 Å². The zero-order chi connectivity index (χ0) is 17.6. The number of hydrogen-bond acceptors (Lipinski definition) is 2. The molecule has 0 saturated heterocycles. The lowest BCUT2D eigenvalue weighted by atomic mass is 9.88. The highest BCUT2D eigenvalue weighted by Crippen LogP contribution is 2.46. The van der Waals surface area contributed by atoms with Gasteiger partial charge in [-0.1, -0.05) is 43.2 Å². The van der Waals surface area contributed by atoms with Crippen molar-refractivity contribution < 1.29 is 0 Å². The van der Waals surface area contributed by atoms with Gasteiger partial charge in [0.15, 0.2) is 5.82 Å². The summed E-state index contributed by atoms with van der Waals surface area (Å²) in [5.41, 5.74) is 6.57. The molecule has 0 amide bonds. The van der Waals surface area contributed by atoms with E-state index in [-0.39, 0.29) is 0 Å². The predicted molar refractivity (Wildman–Crippen MR) is 105 cm³/mol. The molecule has 1 aromatic heterocycles. The van der Waals surface area contributed by atoms with Crippen LogP contribution in [0.4, 0.5) is 0 Å². The summed E-state index contributed by atoms with van der Waals surface area (Å²) < 4.78 is 0. The lowest BCUT2D eigenvalue weighted by Gasteiger charge is -2.17. The number of aromatic nitrogens is 2. The van der Waals surface area contributed by atoms with Crippen LogP contribution in [0.3, 0.4) is 0 Å². The molecule has 0 aliphatic heterocycles. The molecule has 0 bridgehead atoms. The van der Waals surface area contributed by atoms with Crippen LogP contribution in [-0.2, 0) is 0 Å². The monoisotopic (exact) mass is 330 g/mol. The molecule has 1 heterocycles. The highest BCUT2D eigenvalue weighted by Gasteiger charge is 2.31. The number of nitrogens with zero attached hydrogens (tertiary/aromatic N) is 2. The first-order valence-electron chi connectivity index (χ1n) is 9.25. The smallest absolute Gasteiger partial charge is 0.159 e. The Labute approximate surface area is 150 Å². The Balaban J connectivity index is 1.74. The minimum absolute atomic E-state index is 0.468. The van der Waals surface area contributed by atoms with Gasteiger partial charge in [-0.25, -0.2) is 9.97 Å². The summed E-state index contributed by atoms with van der Waals surface area (Å²) in [6.07, 6.45) is 5.83. The maximum Gasteiger partial charge on any atom is 0.159 e. The molecule has 3 aromatic rings. The molecule has 2 nitrogen and oxygen atoms in total. The maximum atomic E-state index is 4.88. The fraction of sp³-hybridized carbons (Fsp3) is 0.391. The van der Waals surface area contributed by atoms with Gasteiger partial charge in [0.2, 0.25) is 0 Å². The van der Waals surface area contributed by atoms with Gasteiger partial charge in [-0.2, -0.15) is 0 Å². The van der Waals surface area contributed by atoms with E-state index in [9.17, 15) is 0 Å². The van der Waals surface area contributed by atoms with Crippen LogP contribution >= 0.6 is 0 Å². The molecule has 1 aliphatic carbocycles. The molecule has 0 spiro atoms. The number of rotatable bonds is 2. The molecule has 1 atom stereocenters. The molecule has 1 aliphatic rings. The Morgan fingerprint density at radius 3 is 2.44 bits per heavy atom. The van der Waals surface area contributed by atoms with Crippen LogP contribution in [0.1, 0.15) is 55.7 Å². The fourth-order valence-electron chi connectivity index (χ4n) is 4.26. The van der Waals surface area contributed by atoms with Crippen LogP contribution in [0, 0.1) is 19.3 Å². The Morgan fingerprint density at radius 2 is 1.76 bits per heavy atom. The summed E-state index contributed by atoms with van der Waals surface area (Å²) in [4.78, 5) is 9.48. The number of benzene rings is 2. The average Bonchev–Trinajstić information content (AvgIpc) is 2.93. The third kappa shape index (κ3) is 3.30. The van der Waals surface area contributed by atoms with Gasteiger partial charge in [0.25, 0.3) is 0 Å². The summed E-state index contributed by atoms with van der Waals surface area (Å²) in [5.74, 6) is 1.49. The topological polar surface area (TPSA) is 25.8 Å². The number of fused-ring (bicyclic) bond motifs is 1. The van der Waals surface area contributed by atoms with Gasteiger partial charge < -0.3 is 0 Å². The van der Waals surface area contributed by atoms with Crippen molar-refractivity contribution in [1.82, 2.24) is 9.97 Å². The van der Waals surface area contributed by atoms with Gasteiger partial charge in [-0.3, -0.25) is 0 Å². The van der Waals surface area contributed by atoms with Crippen molar-refractivity contribution in [3.63, 3.8) is 0 Å². The van der Waals surface area contributed by atoms with E-state index in [0.717, 1.165) is 22.3 Å². The molecule has 0 radical (unpaired) electrons. The number of hydrogen-bond donors (Lipinski definition) is 0. The summed E-state index contributed by atoms with van der Waals surface area (Å²) in [7, 11) is 0. The fourth-order valence-corrected chi connectivity index (χ4v) is 4.26. The van der Waals surface area contributed by atoms with Gasteiger partial charge in [-0.05, 0) is 68.2 Å². The van der Waals surface area contributed by atoms with Gasteiger partial charge in [0.1, 0.15) is 0 Å². The van der Waals surface area contributed by atoms with E-state index < -0.39 is 0 Å². The second kappa shape index (κ2) is 5.94. The van der Waals surface area contributed by atoms with E-state index in [2.05, 4.69) is 69.1 Å². The first kappa shape index (κ1) is 16.3. The Morgan fingerprint density at radius 1 is 1.00 bits per heavy atom.